The number of thioether (sulfide) groups is 1. The van der Waals surface area contributed by atoms with Crippen molar-refractivity contribution in [3.63, 3.8) is 0 Å². The molecule has 3 aromatic carbocycles. The van der Waals surface area contributed by atoms with Gasteiger partial charge in [-0.1, -0.05) is 84.0 Å². The number of carbonyl (C=O) groups excluding carboxylic acids is 1. The monoisotopic (exact) mass is 515 g/mol. The number of hydrogen-bond donors (Lipinski definition) is 1. The van der Waals surface area contributed by atoms with Gasteiger partial charge in [0.05, 0.1) is 5.52 Å². The largest absolute Gasteiger partial charge is 0.352 e. The fourth-order valence-electron chi connectivity index (χ4n) is 4.16. The molecule has 0 radical (unpaired) electrons. The van der Waals surface area contributed by atoms with E-state index in [1.807, 2.05) is 60.7 Å². The Morgan fingerprint density at radius 1 is 0.917 bits per heavy atom. The van der Waals surface area contributed by atoms with Crippen LogP contribution in [0.5, 0.6) is 0 Å². The molecule has 0 aliphatic heterocycles. The van der Waals surface area contributed by atoms with Gasteiger partial charge in [-0.2, -0.15) is 0 Å². The van der Waals surface area contributed by atoms with E-state index in [2.05, 4.69) is 38.3 Å². The van der Waals surface area contributed by atoms with Gasteiger partial charge in [-0.05, 0) is 42.2 Å². The van der Waals surface area contributed by atoms with Crippen LogP contribution < -0.4 is 5.32 Å². The summed E-state index contributed by atoms with van der Waals surface area (Å²) in [5, 5.41) is 14.3. The van der Waals surface area contributed by atoms with Crippen LogP contribution in [-0.2, 0) is 17.9 Å². The summed E-state index contributed by atoms with van der Waals surface area (Å²) in [5.74, 6) is 0.905. The number of fused-ring (bicyclic) bond motifs is 3. The third kappa shape index (κ3) is 5.86. The maximum atomic E-state index is 12.1. The number of nitrogens with one attached hydrogen (secondary N) is 1. The molecule has 5 rings (SSSR count). The molecule has 2 heterocycles. The standard InChI is InChI=1S/C28H26ClN5OS/c29-22-12-8-11-21(17-22)19-34-24-14-5-4-13-23(24)26-27(34)31-28(33-32-26)36-16-7-6-15-25(35)30-18-20-9-2-1-3-10-20/h1-5,8-14,17H,6-7,15-16,18-19H2,(H,30,35). The lowest BCUT2D eigenvalue weighted by Gasteiger charge is -2.08. The highest BCUT2D eigenvalue weighted by molar-refractivity contribution is 7.99. The van der Waals surface area contributed by atoms with Gasteiger partial charge in [0.25, 0.3) is 0 Å². The van der Waals surface area contributed by atoms with Crippen molar-refractivity contribution in [3.05, 3.63) is 95.0 Å². The van der Waals surface area contributed by atoms with Crippen LogP contribution in [0.2, 0.25) is 5.02 Å². The van der Waals surface area contributed by atoms with E-state index >= 15 is 0 Å². The van der Waals surface area contributed by atoms with Crippen molar-refractivity contribution in [2.75, 3.05) is 5.75 Å². The van der Waals surface area contributed by atoms with Crippen molar-refractivity contribution in [1.82, 2.24) is 25.1 Å². The zero-order chi connectivity index (χ0) is 24.7. The Balaban J connectivity index is 1.21. The SMILES string of the molecule is O=C(CCCCSc1nnc2c3ccccc3n(Cc3cccc(Cl)c3)c2n1)NCc1ccccc1. The molecule has 0 bridgehead atoms. The molecule has 2 aromatic heterocycles. The summed E-state index contributed by atoms with van der Waals surface area (Å²) in [5.41, 5.74) is 4.89. The summed E-state index contributed by atoms with van der Waals surface area (Å²) in [4.78, 5) is 17.0. The quantitative estimate of drug-likeness (QED) is 0.175. The van der Waals surface area contributed by atoms with Crippen LogP contribution in [0.25, 0.3) is 22.1 Å². The zero-order valence-electron chi connectivity index (χ0n) is 19.7. The lowest BCUT2D eigenvalue weighted by Crippen LogP contribution is -2.22. The van der Waals surface area contributed by atoms with Gasteiger partial charge in [0.2, 0.25) is 11.1 Å². The Morgan fingerprint density at radius 3 is 2.58 bits per heavy atom. The Bertz CT molecular complexity index is 1490. The second-order valence-electron chi connectivity index (χ2n) is 8.57. The number of amides is 1. The van der Waals surface area contributed by atoms with Gasteiger partial charge in [0.15, 0.2) is 5.65 Å². The molecule has 36 heavy (non-hydrogen) atoms. The molecular weight excluding hydrogens is 490 g/mol. The predicted octanol–water partition coefficient (Wildman–Crippen LogP) is 6.26. The van der Waals surface area contributed by atoms with E-state index < -0.39 is 0 Å². The summed E-state index contributed by atoms with van der Waals surface area (Å²) in [6, 6.07) is 26.0. The van der Waals surface area contributed by atoms with E-state index in [0.717, 1.165) is 51.8 Å². The molecule has 0 fully saturated rings. The molecule has 0 spiro atoms. The molecular formula is C28H26ClN5OS. The Labute approximate surface area is 219 Å². The van der Waals surface area contributed by atoms with Gasteiger partial charge in [-0.3, -0.25) is 4.79 Å². The molecule has 5 aromatic rings. The third-order valence-corrected chi connectivity index (χ3v) is 7.11. The van der Waals surface area contributed by atoms with Gasteiger partial charge >= 0.3 is 0 Å². The number of carbonyl (C=O) groups is 1. The second kappa shape index (κ2) is 11.5. The maximum Gasteiger partial charge on any atom is 0.220 e. The van der Waals surface area contributed by atoms with Crippen LogP contribution >= 0.6 is 23.4 Å². The number of nitrogens with zero attached hydrogens (tertiary/aromatic N) is 4. The molecule has 0 aliphatic carbocycles. The summed E-state index contributed by atoms with van der Waals surface area (Å²) < 4.78 is 2.17. The molecule has 0 aliphatic rings. The molecule has 6 nitrogen and oxygen atoms in total. The fraction of sp³-hybridized carbons (Fsp3) is 0.214. The minimum atomic E-state index is 0.0775. The van der Waals surface area contributed by atoms with E-state index in [4.69, 9.17) is 16.6 Å². The number of unbranched alkanes of at least 4 members (excludes halogenated alkanes) is 1. The number of hydrogen-bond acceptors (Lipinski definition) is 5. The first-order chi connectivity index (χ1) is 17.7. The van der Waals surface area contributed by atoms with Crippen LogP contribution in [-0.4, -0.2) is 31.4 Å². The van der Waals surface area contributed by atoms with Crippen LogP contribution in [0, 0.1) is 0 Å². The topological polar surface area (TPSA) is 72.7 Å². The predicted molar refractivity (Wildman–Crippen MR) is 146 cm³/mol. The number of para-hydroxylation sites is 1. The van der Waals surface area contributed by atoms with Crippen molar-refractivity contribution in [2.45, 2.75) is 37.5 Å². The molecule has 1 amide bonds. The van der Waals surface area contributed by atoms with Crippen molar-refractivity contribution in [2.24, 2.45) is 0 Å². The van der Waals surface area contributed by atoms with Crippen molar-refractivity contribution in [1.29, 1.82) is 0 Å². The van der Waals surface area contributed by atoms with Crippen molar-refractivity contribution >= 4 is 51.3 Å². The number of halogens is 1. The van der Waals surface area contributed by atoms with Gasteiger partial charge in [-0.15, -0.1) is 10.2 Å². The molecule has 8 heteroatoms. The molecule has 0 atom stereocenters. The highest BCUT2D eigenvalue weighted by Crippen LogP contribution is 2.28. The molecule has 182 valence electrons. The number of rotatable bonds is 10. The highest BCUT2D eigenvalue weighted by atomic mass is 35.5. The Kier molecular flexibility index (Phi) is 7.79. The first kappa shape index (κ1) is 24.3. The Morgan fingerprint density at radius 2 is 1.72 bits per heavy atom. The van der Waals surface area contributed by atoms with Crippen molar-refractivity contribution in [3.8, 4) is 0 Å². The third-order valence-electron chi connectivity index (χ3n) is 5.95. The van der Waals surface area contributed by atoms with Gasteiger partial charge < -0.3 is 9.88 Å². The number of aromatic nitrogens is 4. The molecule has 1 N–H and O–H groups in total. The van der Waals surface area contributed by atoms with E-state index in [1.165, 1.54) is 0 Å². The maximum absolute atomic E-state index is 12.1. The lowest BCUT2D eigenvalue weighted by atomic mass is 10.2. The first-order valence-electron chi connectivity index (χ1n) is 12.0. The summed E-state index contributed by atoms with van der Waals surface area (Å²) in [6.07, 6.45) is 2.23. The smallest absolute Gasteiger partial charge is 0.220 e. The highest BCUT2D eigenvalue weighted by Gasteiger charge is 2.15. The fourth-order valence-corrected chi connectivity index (χ4v) is 5.16. The first-order valence-corrected chi connectivity index (χ1v) is 13.3. The van der Waals surface area contributed by atoms with Crippen LogP contribution in [0.1, 0.15) is 30.4 Å². The van der Waals surface area contributed by atoms with Crippen LogP contribution in [0.3, 0.4) is 0 Å². The second-order valence-corrected chi connectivity index (χ2v) is 10.1. The van der Waals surface area contributed by atoms with Crippen LogP contribution in [0.15, 0.2) is 84.0 Å². The lowest BCUT2D eigenvalue weighted by molar-refractivity contribution is -0.121. The average molecular weight is 516 g/mol. The van der Waals surface area contributed by atoms with Crippen LogP contribution in [0.4, 0.5) is 0 Å². The molecule has 0 saturated heterocycles. The number of benzene rings is 3. The minimum absolute atomic E-state index is 0.0775. The van der Waals surface area contributed by atoms with E-state index in [9.17, 15) is 4.79 Å². The summed E-state index contributed by atoms with van der Waals surface area (Å²) in [6.45, 7) is 1.21. The van der Waals surface area contributed by atoms with Gasteiger partial charge in [0, 0.05) is 35.7 Å². The molecule has 0 saturated carbocycles. The molecule has 0 unspecified atom stereocenters. The average Bonchev–Trinajstić information content (AvgIpc) is 3.21. The summed E-state index contributed by atoms with van der Waals surface area (Å²) >= 11 is 7.79. The minimum Gasteiger partial charge on any atom is -0.352 e. The summed E-state index contributed by atoms with van der Waals surface area (Å²) in [7, 11) is 0. The Hall–Kier alpha value is -3.42. The van der Waals surface area contributed by atoms with E-state index in [-0.39, 0.29) is 5.91 Å². The van der Waals surface area contributed by atoms with E-state index in [0.29, 0.717) is 29.7 Å². The van der Waals surface area contributed by atoms with Gasteiger partial charge in [0.1, 0.15) is 5.52 Å². The van der Waals surface area contributed by atoms with Gasteiger partial charge in [-0.25, -0.2) is 4.98 Å². The normalized spacial score (nSPS) is 11.2. The zero-order valence-corrected chi connectivity index (χ0v) is 21.3. The van der Waals surface area contributed by atoms with Crippen molar-refractivity contribution < 1.29 is 4.79 Å². The van der Waals surface area contributed by atoms with E-state index in [1.54, 1.807) is 11.8 Å².